The predicted molar refractivity (Wildman–Crippen MR) is 91.3 cm³/mol. The molecule has 0 amide bonds. The molecule has 0 radical (unpaired) electrons. The molecule has 8 heteroatoms. The van der Waals surface area contributed by atoms with Crippen molar-refractivity contribution in [3.8, 4) is 0 Å². The van der Waals surface area contributed by atoms with Crippen LogP contribution in [-0.2, 0) is 4.74 Å². The Hall–Kier alpha value is -2.48. The van der Waals surface area contributed by atoms with Gasteiger partial charge >= 0.3 is 5.97 Å². The van der Waals surface area contributed by atoms with Crippen LogP contribution in [0.2, 0.25) is 0 Å². The number of anilines is 1. The number of rotatable bonds is 6. The normalized spacial score (nSPS) is 10.5. The van der Waals surface area contributed by atoms with Crippen LogP contribution in [0.3, 0.4) is 0 Å². The summed E-state index contributed by atoms with van der Waals surface area (Å²) in [5.41, 5.74) is 2.88. The van der Waals surface area contributed by atoms with Crippen molar-refractivity contribution in [3.63, 3.8) is 0 Å². The average molecular weight is 349 g/mol. The van der Waals surface area contributed by atoms with Crippen LogP contribution in [-0.4, -0.2) is 40.5 Å². The monoisotopic (exact) mass is 349 g/mol. The van der Waals surface area contributed by atoms with Crippen molar-refractivity contribution >= 4 is 34.1 Å². The zero-order valence-electron chi connectivity index (χ0n) is 14.2. The molecule has 0 aromatic carbocycles. The molecule has 0 saturated heterocycles. The third-order valence-electron chi connectivity index (χ3n) is 3.70. The Labute approximate surface area is 143 Å². The van der Waals surface area contributed by atoms with Crippen LogP contribution >= 0.6 is 11.5 Å². The van der Waals surface area contributed by atoms with Crippen LogP contribution in [0.25, 0.3) is 0 Å². The molecule has 0 saturated carbocycles. The van der Waals surface area contributed by atoms with Crippen LogP contribution in [0.4, 0.5) is 5.00 Å². The highest BCUT2D eigenvalue weighted by Gasteiger charge is 2.23. The second kappa shape index (κ2) is 6.96. The molecular weight excluding hydrogens is 330 g/mol. The summed E-state index contributed by atoms with van der Waals surface area (Å²) >= 11 is 1.16. The quantitative estimate of drug-likeness (QED) is 0.614. The number of ether oxygens (including phenoxy) is 1. The molecule has 0 bridgehead atoms. The van der Waals surface area contributed by atoms with Crippen LogP contribution in [0.5, 0.6) is 0 Å². The first-order chi connectivity index (χ1) is 11.3. The number of nitrogens with one attached hydrogen (secondary N) is 2. The van der Waals surface area contributed by atoms with Gasteiger partial charge in [0, 0.05) is 18.3 Å². The van der Waals surface area contributed by atoms with Crippen molar-refractivity contribution in [3.05, 3.63) is 33.8 Å². The highest BCUT2D eigenvalue weighted by Crippen LogP contribution is 2.25. The number of hydrogen-bond acceptors (Lipinski definition) is 7. The minimum atomic E-state index is -0.605. The molecule has 0 unspecified atom stereocenters. The summed E-state index contributed by atoms with van der Waals surface area (Å²) in [6.45, 7) is 6.17. The minimum Gasteiger partial charge on any atom is -0.453 e. The van der Waals surface area contributed by atoms with Gasteiger partial charge in [0.25, 0.3) is 0 Å². The Balaban J connectivity index is 2.14. The van der Waals surface area contributed by atoms with Crippen LogP contribution < -0.4 is 5.32 Å². The highest BCUT2D eigenvalue weighted by molar-refractivity contribution is 7.10. The lowest BCUT2D eigenvalue weighted by atomic mass is 10.1. The molecule has 0 aliphatic rings. The molecule has 2 aromatic rings. The maximum absolute atomic E-state index is 12.3. The summed E-state index contributed by atoms with van der Waals surface area (Å²) in [4.78, 5) is 39.0. The average Bonchev–Trinajstić information content (AvgIpc) is 3.04. The van der Waals surface area contributed by atoms with Crippen molar-refractivity contribution in [2.24, 2.45) is 0 Å². The van der Waals surface area contributed by atoms with Gasteiger partial charge in [-0.15, -0.1) is 0 Å². The van der Waals surface area contributed by atoms with Gasteiger partial charge in [-0.1, -0.05) is 0 Å². The zero-order valence-corrected chi connectivity index (χ0v) is 15.0. The molecule has 24 heavy (non-hydrogen) atoms. The van der Waals surface area contributed by atoms with E-state index in [1.165, 1.54) is 6.92 Å². The Morgan fingerprint density at radius 1 is 1.21 bits per heavy atom. The number of esters is 1. The van der Waals surface area contributed by atoms with Crippen LogP contribution in [0.1, 0.15) is 55.1 Å². The third kappa shape index (κ3) is 3.23. The zero-order chi connectivity index (χ0) is 18.0. The summed E-state index contributed by atoms with van der Waals surface area (Å²) in [6, 6.07) is 0. The van der Waals surface area contributed by atoms with Crippen LogP contribution in [0.15, 0.2) is 0 Å². The molecule has 7 nitrogen and oxygen atoms in total. The minimum absolute atomic E-state index is 0.115. The van der Waals surface area contributed by atoms with E-state index in [-0.39, 0.29) is 11.6 Å². The van der Waals surface area contributed by atoms with Gasteiger partial charge in [0.1, 0.15) is 10.6 Å². The number of nitrogens with zero attached hydrogens (tertiary/aromatic N) is 1. The smallest absolute Gasteiger partial charge is 0.343 e. The number of aromatic nitrogens is 2. The van der Waals surface area contributed by atoms with E-state index in [1.807, 2.05) is 0 Å². The summed E-state index contributed by atoms with van der Waals surface area (Å²) < 4.78 is 9.22. The van der Waals surface area contributed by atoms with Gasteiger partial charge in [-0.05, 0) is 44.8 Å². The molecule has 128 valence electrons. The number of ketones is 2. The highest BCUT2D eigenvalue weighted by atomic mass is 32.1. The lowest BCUT2D eigenvalue weighted by molar-refractivity contribution is 0.0473. The first-order valence-electron chi connectivity index (χ1n) is 7.32. The second-order valence-electron chi connectivity index (χ2n) is 5.40. The molecule has 2 N–H and O–H groups in total. The van der Waals surface area contributed by atoms with E-state index in [0.29, 0.717) is 38.8 Å². The second-order valence-corrected chi connectivity index (χ2v) is 6.18. The van der Waals surface area contributed by atoms with E-state index in [0.717, 1.165) is 11.5 Å². The number of aryl methyl sites for hydroxylation is 2. The number of carbonyl (C=O) groups excluding carboxylic acids is 3. The van der Waals surface area contributed by atoms with E-state index in [2.05, 4.69) is 14.7 Å². The van der Waals surface area contributed by atoms with E-state index >= 15 is 0 Å². The fourth-order valence-corrected chi connectivity index (χ4v) is 3.35. The molecule has 0 fully saturated rings. The Morgan fingerprint density at radius 2 is 1.88 bits per heavy atom. The molecule has 2 aromatic heterocycles. The van der Waals surface area contributed by atoms with E-state index in [4.69, 9.17) is 4.74 Å². The van der Waals surface area contributed by atoms with Crippen molar-refractivity contribution in [1.82, 2.24) is 9.36 Å². The van der Waals surface area contributed by atoms with E-state index < -0.39 is 12.6 Å². The molecular formula is C16H19N3O4S. The number of hydrogen-bond donors (Lipinski definition) is 2. The molecule has 0 aliphatic carbocycles. The van der Waals surface area contributed by atoms with Gasteiger partial charge in [0.05, 0.1) is 11.4 Å². The lowest BCUT2D eigenvalue weighted by Crippen LogP contribution is -2.16. The first kappa shape index (κ1) is 17.9. The maximum atomic E-state index is 12.3. The SMILES string of the molecule is CNc1snc(C)c1C(=O)OCC(=O)c1[nH]c(C)c(C(C)=O)c1C. The van der Waals surface area contributed by atoms with Gasteiger partial charge in [-0.2, -0.15) is 4.37 Å². The van der Waals surface area contributed by atoms with E-state index in [1.54, 1.807) is 27.8 Å². The summed E-state index contributed by atoms with van der Waals surface area (Å²) in [6.07, 6.45) is 0. The molecule has 0 spiro atoms. The summed E-state index contributed by atoms with van der Waals surface area (Å²) in [5.74, 6) is -1.11. The first-order valence-corrected chi connectivity index (χ1v) is 8.09. The van der Waals surface area contributed by atoms with E-state index in [9.17, 15) is 14.4 Å². The molecule has 0 atom stereocenters. The van der Waals surface area contributed by atoms with Gasteiger partial charge in [-0.3, -0.25) is 9.59 Å². The standard InChI is InChI=1S/C16H19N3O4S/c1-7-12(10(4)20)8(2)18-14(7)11(21)6-23-16(22)13-9(3)19-24-15(13)17-5/h17-18H,6H2,1-5H3. The number of H-pyrrole nitrogens is 1. The molecule has 0 aliphatic heterocycles. The Bertz CT molecular complexity index is 820. The van der Waals surface area contributed by atoms with Crippen molar-refractivity contribution < 1.29 is 19.1 Å². The topological polar surface area (TPSA) is 101 Å². The molecule has 2 rings (SSSR count). The Kier molecular flexibility index (Phi) is 5.18. The van der Waals surface area contributed by atoms with Gasteiger partial charge in [-0.25, -0.2) is 4.79 Å². The van der Waals surface area contributed by atoms with Crippen molar-refractivity contribution in [2.45, 2.75) is 27.7 Å². The Morgan fingerprint density at radius 3 is 2.42 bits per heavy atom. The number of aromatic amines is 1. The predicted octanol–water partition coefficient (Wildman–Crippen LogP) is 2.68. The number of carbonyl (C=O) groups is 3. The van der Waals surface area contributed by atoms with Gasteiger partial charge < -0.3 is 15.0 Å². The van der Waals surface area contributed by atoms with Gasteiger partial charge in [0.15, 0.2) is 12.4 Å². The maximum Gasteiger partial charge on any atom is 0.343 e. The summed E-state index contributed by atoms with van der Waals surface area (Å²) in [7, 11) is 1.68. The van der Waals surface area contributed by atoms with Crippen LogP contribution in [0, 0.1) is 20.8 Å². The number of Topliss-reactive ketones (excluding diaryl/α,β-unsaturated/α-hetero) is 2. The third-order valence-corrected chi connectivity index (χ3v) is 4.65. The largest absolute Gasteiger partial charge is 0.453 e. The molecule has 2 heterocycles. The fraction of sp³-hybridized carbons (Fsp3) is 0.375. The van der Waals surface area contributed by atoms with Crippen molar-refractivity contribution in [2.75, 3.05) is 19.0 Å². The summed E-state index contributed by atoms with van der Waals surface area (Å²) in [5, 5.41) is 3.47. The van der Waals surface area contributed by atoms with Gasteiger partial charge in [0.2, 0.25) is 5.78 Å². The lowest BCUT2D eigenvalue weighted by Gasteiger charge is -2.05. The van der Waals surface area contributed by atoms with Crippen molar-refractivity contribution in [1.29, 1.82) is 0 Å². The fourth-order valence-electron chi connectivity index (χ4n) is 2.61.